The summed E-state index contributed by atoms with van der Waals surface area (Å²) in [5.74, 6) is -0.404. The minimum Gasteiger partial charge on any atom is -0.458 e. The molecule has 0 aliphatic carbocycles. The summed E-state index contributed by atoms with van der Waals surface area (Å²) in [5.41, 5.74) is 0.734. The molecule has 1 saturated heterocycles. The number of H-pyrrole nitrogens is 1. The molecule has 1 atom stereocenters. The van der Waals surface area contributed by atoms with Crippen molar-refractivity contribution in [3.63, 3.8) is 0 Å². The topological polar surface area (TPSA) is 78.3 Å². The minimum atomic E-state index is -0.404. The van der Waals surface area contributed by atoms with Crippen molar-refractivity contribution in [1.82, 2.24) is 9.88 Å². The maximum atomic E-state index is 11.8. The molecule has 1 N–H and O–H groups in total. The van der Waals surface area contributed by atoms with Gasteiger partial charge in [0.25, 0.3) is 0 Å². The van der Waals surface area contributed by atoms with Crippen molar-refractivity contribution in [1.29, 1.82) is 5.26 Å². The largest absolute Gasteiger partial charge is 0.458 e. The smallest absolute Gasteiger partial charge is 0.340 e. The number of rotatable bonds is 4. The lowest BCUT2D eigenvalue weighted by molar-refractivity contribution is 0.000458. The van der Waals surface area contributed by atoms with Crippen molar-refractivity contribution in [3.05, 3.63) is 23.5 Å². The number of carbonyl (C=O) groups excluding carboxylic acids is 1. The van der Waals surface area contributed by atoms with Crippen LogP contribution in [-0.4, -0.2) is 54.8 Å². The Hall–Kier alpha value is -1.84. The summed E-state index contributed by atoms with van der Waals surface area (Å²) in [4.78, 5) is 16.7. The molecule has 0 amide bonds. The Morgan fingerprint density at radius 1 is 1.63 bits per heavy atom. The van der Waals surface area contributed by atoms with Crippen LogP contribution in [0.3, 0.4) is 0 Å². The van der Waals surface area contributed by atoms with Gasteiger partial charge in [0.05, 0.1) is 18.8 Å². The number of morpholine rings is 1. The molecule has 1 aliphatic rings. The van der Waals surface area contributed by atoms with Crippen molar-refractivity contribution >= 4 is 5.97 Å². The van der Waals surface area contributed by atoms with E-state index in [0.717, 1.165) is 26.3 Å². The van der Waals surface area contributed by atoms with E-state index in [1.807, 2.05) is 13.0 Å². The molecule has 19 heavy (non-hydrogen) atoms. The molecule has 6 nitrogen and oxygen atoms in total. The van der Waals surface area contributed by atoms with Gasteiger partial charge in [-0.3, -0.25) is 4.90 Å². The Morgan fingerprint density at radius 2 is 2.37 bits per heavy atom. The Bertz CT molecular complexity index is 472. The maximum Gasteiger partial charge on any atom is 0.340 e. The van der Waals surface area contributed by atoms with E-state index in [4.69, 9.17) is 14.7 Å². The van der Waals surface area contributed by atoms with Crippen LogP contribution in [0.4, 0.5) is 0 Å². The van der Waals surface area contributed by atoms with Crippen molar-refractivity contribution in [3.8, 4) is 6.07 Å². The van der Waals surface area contributed by atoms with Gasteiger partial charge in [-0.25, -0.2) is 4.79 Å². The lowest BCUT2D eigenvalue weighted by atomic mass is 10.3. The lowest BCUT2D eigenvalue weighted by Crippen LogP contribution is -2.41. The molecular weight excluding hydrogens is 246 g/mol. The zero-order valence-corrected chi connectivity index (χ0v) is 10.9. The molecular formula is C13H17N3O3. The predicted octanol–water partition coefficient (Wildman–Crippen LogP) is 0.764. The second-order valence-corrected chi connectivity index (χ2v) is 4.54. The number of nitrogens with one attached hydrogen (secondary N) is 1. The summed E-state index contributed by atoms with van der Waals surface area (Å²) in [6.07, 6.45) is 1.30. The number of aromatic amines is 1. The van der Waals surface area contributed by atoms with Gasteiger partial charge in [-0.1, -0.05) is 0 Å². The van der Waals surface area contributed by atoms with Gasteiger partial charge in [-0.05, 0) is 13.0 Å². The van der Waals surface area contributed by atoms with Crippen molar-refractivity contribution in [2.45, 2.75) is 13.0 Å². The zero-order chi connectivity index (χ0) is 13.7. The summed E-state index contributed by atoms with van der Waals surface area (Å²) in [6.45, 7) is 5.75. The fourth-order valence-electron chi connectivity index (χ4n) is 2.01. The minimum absolute atomic E-state index is 0.189. The molecule has 0 unspecified atom stereocenters. The third-order valence-corrected chi connectivity index (χ3v) is 2.97. The number of nitrogens with zero attached hydrogens (tertiary/aromatic N) is 2. The van der Waals surface area contributed by atoms with Crippen LogP contribution in [0.5, 0.6) is 0 Å². The van der Waals surface area contributed by atoms with Crippen LogP contribution in [0, 0.1) is 11.3 Å². The van der Waals surface area contributed by atoms with E-state index in [9.17, 15) is 4.79 Å². The summed E-state index contributed by atoms with van der Waals surface area (Å²) in [5, 5.41) is 8.68. The Kier molecular flexibility index (Phi) is 4.55. The quantitative estimate of drug-likeness (QED) is 0.811. The summed E-state index contributed by atoms with van der Waals surface area (Å²) < 4.78 is 10.6. The summed E-state index contributed by atoms with van der Waals surface area (Å²) in [7, 11) is 0. The Balaban J connectivity index is 1.82. The molecule has 6 heteroatoms. The van der Waals surface area contributed by atoms with Gasteiger partial charge in [0, 0.05) is 25.8 Å². The standard InChI is InChI=1S/C13H17N3O3/c1-10(9-16-2-4-18-5-3-16)19-13(17)11-6-12(7-14)15-8-11/h6,8,10,15H,2-5,9H2,1H3/t10-/m1/s1. The monoisotopic (exact) mass is 263 g/mol. The van der Waals surface area contributed by atoms with Gasteiger partial charge in [-0.2, -0.15) is 5.26 Å². The SMILES string of the molecule is C[C@H](CN1CCOCC1)OC(=O)c1c[nH]c(C#N)c1. The van der Waals surface area contributed by atoms with Gasteiger partial charge in [0.2, 0.25) is 0 Å². The van der Waals surface area contributed by atoms with E-state index in [-0.39, 0.29) is 6.10 Å². The third kappa shape index (κ3) is 3.81. The first-order valence-corrected chi connectivity index (χ1v) is 6.28. The second kappa shape index (κ2) is 6.36. The summed E-state index contributed by atoms with van der Waals surface area (Å²) in [6, 6.07) is 3.43. The number of carbonyl (C=O) groups is 1. The highest BCUT2D eigenvalue weighted by molar-refractivity contribution is 5.89. The first-order valence-electron chi connectivity index (χ1n) is 6.28. The van der Waals surface area contributed by atoms with E-state index in [1.54, 1.807) is 0 Å². The highest BCUT2D eigenvalue weighted by Gasteiger charge is 2.18. The number of nitriles is 1. The molecule has 102 valence electrons. The molecule has 1 aliphatic heterocycles. The van der Waals surface area contributed by atoms with E-state index >= 15 is 0 Å². The lowest BCUT2D eigenvalue weighted by Gasteiger charge is -2.28. The van der Waals surface area contributed by atoms with E-state index in [1.165, 1.54) is 12.3 Å². The fraction of sp³-hybridized carbons (Fsp3) is 0.538. The number of aromatic nitrogens is 1. The number of hydrogen-bond acceptors (Lipinski definition) is 5. The number of esters is 1. The predicted molar refractivity (Wildman–Crippen MR) is 67.6 cm³/mol. The molecule has 1 fully saturated rings. The van der Waals surface area contributed by atoms with Gasteiger partial charge in [0.1, 0.15) is 17.9 Å². The summed E-state index contributed by atoms with van der Waals surface area (Å²) >= 11 is 0. The molecule has 1 aromatic rings. The van der Waals surface area contributed by atoms with Gasteiger partial charge in [0.15, 0.2) is 0 Å². The highest BCUT2D eigenvalue weighted by Crippen LogP contribution is 2.08. The average molecular weight is 263 g/mol. The molecule has 0 radical (unpaired) electrons. The van der Waals surface area contributed by atoms with Crippen molar-refractivity contribution in [2.24, 2.45) is 0 Å². The van der Waals surface area contributed by atoms with Crippen LogP contribution in [0.2, 0.25) is 0 Å². The second-order valence-electron chi connectivity index (χ2n) is 4.54. The van der Waals surface area contributed by atoms with Gasteiger partial charge in [-0.15, -0.1) is 0 Å². The van der Waals surface area contributed by atoms with Gasteiger partial charge >= 0.3 is 5.97 Å². The van der Waals surface area contributed by atoms with E-state index in [0.29, 0.717) is 17.8 Å². The van der Waals surface area contributed by atoms with Crippen LogP contribution in [-0.2, 0) is 9.47 Å². The van der Waals surface area contributed by atoms with Crippen LogP contribution in [0.1, 0.15) is 23.0 Å². The third-order valence-electron chi connectivity index (χ3n) is 2.97. The average Bonchev–Trinajstić information content (AvgIpc) is 2.88. The van der Waals surface area contributed by atoms with Crippen molar-refractivity contribution < 1.29 is 14.3 Å². The molecule has 2 heterocycles. The Morgan fingerprint density at radius 3 is 3.00 bits per heavy atom. The van der Waals surface area contributed by atoms with Crippen LogP contribution in [0.25, 0.3) is 0 Å². The molecule has 1 aromatic heterocycles. The normalized spacial score (nSPS) is 17.7. The fourth-order valence-corrected chi connectivity index (χ4v) is 2.01. The molecule has 0 saturated carbocycles. The molecule has 0 bridgehead atoms. The first kappa shape index (κ1) is 13.6. The van der Waals surface area contributed by atoms with E-state index in [2.05, 4.69) is 9.88 Å². The molecule has 0 aromatic carbocycles. The van der Waals surface area contributed by atoms with E-state index < -0.39 is 5.97 Å². The van der Waals surface area contributed by atoms with Crippen LogP contribution < -0.4 is 0 Å². The number of hydrogen-bond donors (Lipinski definition) is 1. The highest BCUT2D eigenvalue weighted by atomic mass is 16.5. The number of ether oxygens (including phenoxy) is 2. The molecule has 0 spiro atoms. The molecule has 2 rings (SSSR count). The van der Waals surface area contributed by atoms with Crippen LogP contribution >= 0.6 is 0 Å². The Labute approximate surface area is 111 Å². The van der Waals surface area contributed by atoms with Crippen LogP contribution in [0.15, 0.2) is 12.3 Å². The van der Waals surface area contributed by atoms with Crippen molar-refractivity contribution in [2.75, 3.05) is 32.8 Å². The maximum absolute atomic E-state index is 11.8. The van der Waals surface area contributed by atoms with Gasteiger partial charge < -0.3 is 14.5 Å². The zero-order valence-electron chi connectivity index (χ0n) is 10.9. The first-order chi connectivity index (χ1) is 9.19.